The van der Waals surface area contributed by atoms with Crippen LogP contribution in [0.5, 0.6) is 5.75 Å². The second kappa shape index (κ2) is 8.15. The topological polar surface area (TPSA) is 21.3 Å². The fourth-order valence-electron chi connectivity index (χ4n) is 2.16. The number of para-hydroxylation sites is 1. The van der Waals surface area contributed by atoms with Crippen molar-refractivity contribution >= 4 is 0 Å². The van der Waals surface area contributed by atoms with Crippen LogP contribution in [0.3, 0.4) is 0 Å². The van der Waals surface area contributed by atoms with Gasteiger partial charge in [0.25, 0.3) is 0 Å². The van der Waals surface area contributed by atoms with Crippen molar-refractivity contribution in [3.05, 3.63) is 29.8 Å². The van der Waals surface area contributed by atoms with E-state index in [1.165, 1.54) is 12.0 Å². The maximum Gasteiger partial charge on any atom is 0.123 e. The lowest BCUT2D eigenvalue weighted by Crippen LogP contribution is -2.24. The quantitative estimate of drug-likeness (QED) is 0.746. The summed E-state index contributed by atoms with van der Waals surface area (Å²) in [6, 6.07) is 8.75. The summed E-state index contributed by atoms with van der Waals surface area (Å²) in [6.07, 6.45) is 3.54. The monoisotopic (exact) mass is 249 g/mol. The van der Waals surface area contributed by atoms with Crippen molar-refractivity contribution < 1.29 is 4.74 Å². The van der Waals surface area contributed by atoms with E-state index < -0.39 is 0 Å². The van der Waals surface area contributed by atoms with Gasteiger partial charge in [0.05, 0.1) is 7.11 Å². The third-order valence-electron chi connectivity index (χ3n) is 3.49. The first-order valence-corrected chi connectivity index (χ1v) is 7.09. The Bertz CT molecular complexity index is 338. The van der Waals surface area contributed by atoms with Crippen LogP contribution in [0.4, 0.5) is 0 Å². The zero-order valence-corrected chi connectivity index (χ0v) is 12.2. The molecule has 0 heterocycles. The largest absolute Gasteiger partial charge is 0.496 e. The summed E-state index contributed by atoms with van der Waals surface area (Å²) in [5.41, 5.74) is 1.29. The maximum absolute atomic E-state index is 5.48. The Morgan fingerprint density at radius 3 is 2.56 bits per heavy atom. The molecule has 0 aliphatic heterocycles. The molecule has 0 aromatic heterocycles. The summed E-state index contributed by atoms with van der Waals surface area (Å²) in [7, 11) is 1.75. The molecule has 0 radical (unpaired) electrons. The molecule has 1 N–H and O–H groups in total. The van der Waals surface area contributed by atoms with Crippen LogP contribution in [0.2, 0.25) is 0 Å². The van der Waals surface area contributed by atoms with E-state index in [-0.39, 0.29) is 0 Å². The summed E-state index contributed by atoms with van der Waals surface area (Å²) in [6.45, 7) is 7.83. The highest BCUT2D eigenvalue weighted by atomic mass is 16.5. The molecular weight excluding hydrogens is 222 g/mol. The van der Waals surface area contributed by atoms with Crippen LogP contribution in [0.1, 0.15) is 51.6 Å². The Labute approximate surface area is 112 Å². The molecular formula is C16H27NO. The molecule has 0 saturated heterocycles. The van der Waals surface area contributed by atoms with Crippen LogP contribution in [-0.2, 0) is 0 Å². The molecule has 2 heteroatoms. The number of methoxy groups -OCH3 is 1. The first-order chi connectivity index (χ1) is 8.72. The maximum atomic E-state index is 5.48. The van der Waals surface area contributed by atoms with Crippen molar-refractivity contribution in [2.45, 2.75) is 46.1 Å². The Kier molecular flexibility index (Phi) is 6.81. The van der Waals surface area contributed by atoms with Gasteiger partial charge >= 0.3 is 0 Å². The van der Waals surface area contributed by atoms with E-state index in [2.05, 4.69) is 38.2 Å². The van der Waals surface area contributed by atoms with Gasteiger partial charge in [0.1, 0.15) is 5.75 Å². The molecule has 1 aromatic rings. The van der Waals surface area contributed by atoms with Crippen LogP contribution < -0.4 is 10.1 Å². The molecule has 0 saturated carbocycles. The van der Waals surface area contributed by atoms with Crippen LogP contribution in [0.15, 0.2) is 24.3 Å². The predicted octanol–water partition coefficient (Wildman–Crippen LogP) is 4.17. The zero-order chi connectivity index (χ0) is 13.4. The molecule has 2 unspecified atom stereocenters. The lowest BCUT2D eigenvalue weighted by Gasteiger charge is -2.23. The molecule has 18 heavy (non-hydrogen) atoms. The van der Waals surface area contributed by atoms with Gasteiger partial charge in [-0.1, -0.05) is 45.4 Å². The Morgan fingerprint density at radius 2 is 1.94 bits per heavy atom. The molecule has 1 rings (SSSR count). The Hall–Kier alpha value is -1.02. The highest BCUT2D eigenvalue weighted by Crippen LogP contribution is 2.30. The zero-order valence-electron chi connectivity index (χ0n) is 12.2. The van der Waals surface area contributed by atoms with Crippen molar-refractivity contribution in [3.8, 4) is 5.75 Å². The van der Waals surface area contributed by atoms with Crippen molar-refractivity contribution in [3.63, 3.8) is 0 Å². The van der Waals surface area contributed by atoms with E-state index in [0.29, 0.717) is 6.04 Å². The number of hydrogen-bond acceptors (Lipinski definition) is 2. The van der Waals surface area contributed by atoms with E-state index in [1.54, 1.807) is 7.11 Å². The predicted molar refractivity (Wildman–Crippen MR) is 78.1 cm³/mol. The van der Waals surface area contributed by atoms with Gasteiger partial charge in [-0.3, -0.25) is 0 Å². The number of rotatable bonds is 8. The summed E-state index contributed by atoms with van der Waals surface area (Å²) in [5.74, 6) is 1.72. The SMILES string of the molecule is CCCNC(CC(C)CC)c1ccccc1OC. The standard InChI is InChI=1S/C16H27NO/c1-5-11-17-15(12-13(3)6-2)14-9-7-8-10-16(14)18-4/h7-10,13,15,17H,5-6,11-12H2,1-4H3. The van der Waals surface area contributed by atoms with Crippen molar-refractivity contribution in [2.75, 3.05) is 13.7 Å². The van der Waals surface area contributed by atoms with Gasteiger partial charge in [0, 0.05) is 11.6 Å². The molecule has 1 aromatic carbocycles. The van der Waals surface area contributed by atoms with Crippen LogP contribution >= 0.6 is 0 Å². The minimum absolute atomic E-state index is 0.399. The molecule has 2 nitrogen and oxygen atoms in total. The van der Waals surface area contributed by atoms with Gasteiger partial charge < -0.3 is 10.1 Å². The van der Waals surface area contributed by atoms with Gasteiger partial charge in [-0.15, -0.1) is 0 Å². The van der Waals surface area contributed by atoms with E-state index in [4.69, 9.17) is 4.74 Å². The molecule has 0 spiro atoms. The number of hydrogen-bond donors (Lipinski definition) is 1. The first kappa shape index (κ1) is 15.0. The molecule has 0 bridgehead atoms. The highest BCUT2D eigenvalue weighted by Gasteiger charge is 2.17. The minimum atomic E-state index is 0.399. The summed E-state index contributed by atoms with van der Waals surface area (Å²) in [5, 5.41) is 3.65. The number of nitrogens with one attached hydrogen (secondary N) is 1. The molecule has 0 aliphatic carbocycles. The summed E-state index contributed by atoms with van der Waals surface area (Å²) < 4.78 is 5.48. The first-order valence-electron chi connectivity index (χ1n) is 7.09. The Balaban J connectivity index is 2.85. The number of benzene rings is 1. The minimum Gasteiger partial charge on any atom is -0.496 e. The summed E-state index contributed by atoms with van der Waals surface area (Å²) in [4.78, 5) is 0. The average molecular weight is 249 g/mol. The molecule has 0 aliphatic rings. The van der Waals surface area contributed by atoms with E-state index >= 15 is 0 Å². The second-order valence-corrected chi connectivity index (χ2v) is 5.00. The molecule has 2 atom stereocenters. The van der Waals surface area contributed by atoms with Gasteiger partial charge in [-0.2, -0.15) is 0 Å². The normalized spacial score (nSPS) is 14.2. The van der Waals surface area contributed by atoms with E-state index in [9.17, 15) is 0 Å². The Morgan fingerprint density at radius 1 is 1.22 bits per heavy atom. The average Bonchev–Trinajstić information content (AvgIpc) is 2.43. The van der Waals surface area contributed by atoms with E-state index in [1.807, 2.05) is 12.1 Å². The third-order valence-corrected chi connectivity index (χ3v) is 3.49. The van der Waals surface area contributed by atoms with Gasteiger partial charge in [-0.25, -0.2) is 0 Å². The van der Waals surface area contributed by atoms with Crippen molar-refractivity contribution in [1.82, 2.24) is 5.32 Å². The molecule has 0 fully saturated rings. The van der Waals surface area contributed by atoms with Crippen molar-refractivity contribution in [1.29, 1.82) is 0 Å². The molecule has 0 amide bonds. The highest BCUT2D eigenvalue weighted by molar-refractivity contribution is 5.35. The van der Waals surface area contributed by atoms with Gasteiger partial charge in [-0.05, 0) is 31.4 Å². The van der Waals surface area contributed by atoms with Gasteiger partial charge in [0.15, 0.2) is 0 Å². The number of ether oxygens (including phenoxy) is 1. The fraction of sp³-hybridized carbons (Fsp3) is 0.625. The summed E-state index contributed by atoms with van der Waals surface area (Å²) >= 11 is 0. The van der Waals surface area contributed by atoms with Crippen LogP contribution in [0.25, 0.3) is 0 Å². The lowest BCUT2D eigenvalue weighted by molar-refractivity contribution is 0.371. The van der Waals surface area contributed by atoms with Crippen LogP contribution in [0, 0.1) is 5.92 Å². The smallest absolute Gasteiger partial charge is 0.123 e. The van der Waals surface area contributed by atoms with E-state index in [0.717, 1.165) is 31.1 Å². The second-order valence-electron chi connectivity index (χ2n) is 5.00. The van der Waals surface area contributed by atoms with Crippen molar-refractivity contribution in [2.24, 2.45) is 5.92 Å². The van der Waals surface area contributed by atoms with Crippen LogP contribution in [-0.4, -0.2) is 13.7 Å². The fourth-order valence-corrected chi connectivity index (χ4v) is 2.16. The van der Waals surface area contributed by atoms with Gasteiger partial charge in [0.2, 0.25) is 0 Å². The molecule has 102 valence electrons. The third kappa shape index (κ3) is 4.34. The lowest BCUT2D eigenvalue weighted by atomic mass is 9.93.